The summed E-state index contributed by atoms with van der Waals surface area (Å²) in [6.45, 7) is 0. The molecule has 1 amide bonds. The van der Waals surface area contributed by atoms with Crippen molar-refractivity contribution in [1.29, 1.82) is 0 Å². The molecule has 0 aliphatic rings. The number of thiazole rings is 1. The summed E-state index contributed by atoms with van der Waals surface area (Å²) in [7, 11) is 0. The lowest BCUT2D eigenvalue weighted by molar-refractivity contribution is 0.102. The molecule has 0 bridgehead atoms. The Hall–Kier alpha value is -2.61. The van der Waals surface area contributed by atoms with E-state index in [0.29, 0.717) is 20.9 Å². The zero-order valence-electron chi connectivity index (χ0n) is 13.2. The molecule has 1 aromatic carbocycles. The number of anilines is 1. The van der Waals surface area contributed by atoms with Gasteiger partial charge in [0.2, 0.25) is 0 Å². The molecule has 4 aromatic rings. The summed E-state index contributed by atoms with van der Waals surface area (Å²) in [5, 5.41) is 5.17. The van der Waals surface area contributed by atoms with Crippen molar-refractivity contribution in [3.8, 4) is 22.0 Å². The van der Waals surface area contributed by atoms with E-state index >= 15 is 0 Å². The van der Waals surface area contributed by atoms with Crippen molar-refractivity contribution in [3.05, 3.63) is 70.1 Å². The van der Waals surface area contributed by atoms with Crippen molar-refractivity contribution in [3.63, 3.8) is 0 Å². The summed E-state index contributed by atoms with van der Waals surface area (Å²) in [5.74, 6) is 0.281. The topological polar surface area (TPSA) is 67.8 Å². The molecule has 128 valence electrons. The van der Waals surface area contributed by atoms with Crippen LogP contribution in [0.25, 0.3) is 22.0 Å². The third kappa shape index (κ3) is 3.65. The molecule has 1 N–H and O–H groups in total. The van der Waals surface area contributed by atoms with Gasteiger partial charge in [-0.05, 0) is 12.1 Å². The number of carbonyl (C=O) groups is 1. The molecule has 3 aromatic heterocycles. The van der Waals surface area contributed by atoms with Crippen LogP contribution < -0.4 is 5.32 Å². The molecule has 0 unspecified atom stereocenters. The third-order valence-corrected chi connectivity index (χ3v) is 5.51. The number of hydrogen-bond acceptors (Lipinski definition) is 6. The van der Waals surface area contributed by atoms with Gasteiger partial charge in [0, 0.05) is 23.3 Å². The number of rotatable bonds is 4. The van der Waals surface area contributed by atoms with Crippen LogP contribution in [0, 0.1) is 0 Å². The van der Waals surface area contributed by atoms with Gasteiger partial charge in [-0.25, -0.2) is 15.0 Å². The molecule has 0 aliphatic heterocycles. The second-order valence-corrected chi connectivity index (χ2v) is 7.83. The zero-order valence-corrected chi connectivity index (χ0v) is 15.6. The summed E-state index contributed by atoms with van der Waals surface area (Å²) >= 11 is 8.75. The summed E-state index contributed by atoms with van der Waals surface area (Å²) in [5.41, 5.74) is 2.07. The van der Waals surface area contributed by atoms with Crippen LogP contribution in [-0.4, -0.2) is 20.9 Å². The van der Waals surface area contributed by atoms with Crippen molar-refractivity contribution in [1.82, 2.24) is 15.0 Å². The van der Waals surface area contributed by atoms with E-state index < -0.39 is 0 Å². The number of hydrogen-bond donors (Lipinski definition) is 1. The highest BCUT2D eigenvalue weighted by Crippen LogP contribution is 2.32. The van der Waals surface area contributed by atoms with E-state index in [0.717, 1.165) is 16.1 Å². The maximum atomic E-state index is 12.4. The van der Waals surface area contributed by atoms with E-state index in [1.165, 1.54) is 35.1 Å². The first-order valence-electron chi connectivity index (χ1n) is 7.59. The summed E-state index contributed by atoms with van der Waals surface area (Å²) < 4.78 is 0.703. The van der Waals surface area contributed by atoms with E-state index in [9.17, 15) is 4.79 Å². The molecule has 0 radical (unpaired) electrons. The van der Waals surface area contributed by atoms with E-state index in [1.807, 2.05) is 47.8 Å². The van der Waals surface area contributed by atoms with Crippen molar-refractivity contribution in [2.75, 3.05) is 5.32 Å². The van der Waals surface area contributed by atoms with Crippen molar-refractivity contribution < 1.29 is 4.79 Å². The summed E-state index contributed by atoms with van der Waals surface area (Å²) in [6.07, 6.45) is 3.02. The Morgan fingerprint density at radius 1 is 1.04 bits per heavy atom. The molecule has 0 spiro atoms. The SMILES string of the molecule is O=C(Nc1nc(-c2ccc(Cl)s2)cs1)c1cnc(-c2ccccc2)nc1. The highest BCUT2D eigenvalue weighted by Gasteiger charge is 2.12. The number of aromatic nitrogens is 3. The van der Waals surface area contributed by atoms with Crippen molar-refractivity contribution in [2.24, 2.45) is 0 Å². The number of nitrogens with one attached hydrogen (secondary N) is 1. The van der Waals surface area contributed by atoms with Crippen LogP contribution in [0.1, 0.15) is 10.4 Å². The molecule has 26 heavy (non-hydrogen) atoms. The minimum atomic E-state index is -0.297. The smallest absolute Gasteiger partial charge is 0.260 e. The van der Waals surface area contributed by atoms with Gasteiger partial charge < -0.3 is 0 Å². The number of carbonyl (C=O) groups excluding carboxylic acids is 1. The maximum absolute atomic E-state index is 12.4. The fourth-order valence-electron chi connectivity index (χ4n) is 2.25. The normalized spacial score (nSPS) is 10.7. The van der Waals surface area contributed by atoms with E-state index in [4.69, 9.17) is 11.6 Å². The minimum Gasteiger partial charge on any atom is -0.298 e. The van der Waals surface area contributed by atoms with Crippen LogP contribution in [0.4, 0.5) is 5.13 Å². The first-order chi connectivity index (χ1) is 12.7. The Kier molecular flexibility index (Phi) is 4.75. The van der Waals surface area contributed by atoms with Gasteiger partial charge in [0.15, 0.2) is 11.0 Å². The zero-order chi connectivity index (χ0) is 17.9. The number of amides is 1. The predicted molar refractivity (Wildman–Crippen MR) is 106 cm³/mol. The van der Waals surface area contributed by atoms with E-state index in [-0.39, 0.29) is 5.91 Å². The number of halogens is 1. The molecule has 4 rings (SSSR count). The van der Waals surface area contributed by atoms with Crippen molar-refractivity contribution >= 4 is 45.3 Å². The Morgan fingerprint density at radius 3 is 2.50 bits per heavy atom. The van der Waals surface area contributed by atoms with Crippen molar-refractivity contribution in [2.45, 2.75) is 0 Å². The van der Waals surface area contributed by atoms with Crippen LogP contribution in [0.2, 0.25) is 4.34 Å². The van der Waals surface area contributed by atoms with Gasteiger partial charge in [0.05, 0.1) is 20.5 Å². The minimum absolute atomic E-state index is 0.297. The average molecular weight is 399 g/mol. The lowest BCUT2D eigenvalue weighted by Gasteiger charge is -2.03. The molecule has 0 fully saturated rings. The molecule has 8 heteroatoms. The standard InChI is InChI=1S/C18H11ClN4OS2/c19-15-7-6-14(26-15)13-10-25-18(22-13)23-17(24)12-8-20-16(21-9-12)11-4-2-1-3-5-11/h1-10H,(H,22,23,24). The number of thiophene rings is 1. The average Bonchev–Trinajstić information content (AvgIpc) is 3.31. The Bertz CT molecular complexity index is 1040. The Labute approximate surface area is 162 Å². The molecule has 0 saturated carbocycles. The number of nitrogens with zero attached hydrogens (tertiary/aromatic N) is 3. The molecule has 0 saturated heterocycles. The van der Waals surface area contributed by atoms with Gasteiger partial charge in [-0.1, -0.05) is 41.9 Å². The molecule has 0 atom stereocenters. The van der Waals surface area contributed by atoms with Gasteiger partial charge in [0.1, 0.15) is 0 Å². The van der Waals surface area contributed by atoms with E-state index in [1.54, 1.807) is 0 Å². The molecular weight excluding hydrogens is 388 g/mol. The quantitative estimate of drug-likeness (QED) is 0.510. The van der Waals surface area contributed by atoms with Gasteiger partial charge in [-0.2, -0.15) is 0 Å². The Morgan fingerprint density at radius 2 is 1.81 bits per heavy atom. The predicted octanol–water partition coefficient (Wildman–Crippen LogP) is 5.23. The second kappa shape index (κ2) is 7.33. The van der Waals surface area contributed by atoms with Gasteiger partial charge in [-0.15, -0.1) is 22.7 Å². The second-order valence-electron chi connectivity index (χ2n) is 5.26. The van der Waals surface area contributed by atoms with Crippen LogP contribution in [-0.2, 0) is 0 Å². The van der Waals surface area contributed by atoms with Crippen LogP contribution in [0.3, 0.4) is 0 Å². The summed E-state index contributed by atoms with van der Waals surface area (Å²) in [6, 6.07) is 13.3. The molecule has 3 heterocycles. The summed E-state index contributed by atoms with van der Waals surface area (Å²) in [4.78, 5) is 26.3. The fraction of sp³-hybridized carbons (Fsp3) is 0. The first-order valence-corrected chi connectivity index (χ1v) is 9.66. The fourth-order valence-corrected chi connectivity index (χ4v) is 4.03. The molecular formula is C18H11ClN4OS2. The lowest BCUT2D eigenvalue weighted by atomic mass is 10.2. The van der Waals surface area contributed by atoms with Crippen LogP contribution >= 0.6 is 34.3 Å². The lowest BCUT2D eigenvalue weighted by Crippen LogP contribution is -2.12. The largest absolute Gasteiger partial charge is 0.298 e. The highest BCUT2D eigenvalue weighted by atomic mass is 35.5. The first kappa shape index (κ1) is 16.8. The maximum Gasteiger partial charge on any atom is 0.260 e. The monoisotopic (exact) mass is 398 g/mol. The third-order valence-electron chi connectivity index (χ3n) is 3.50. The molecule has 0 aliphatic carbocycles. The Balaban J connectivity index is 1.47. The van der Waals surface area contributed by atoms with Gasteiger partial charge >= 0.3 is 0 Å². The van der Waals surface area contributed by atoms with Gasteiger partial charge in [-0.3, -0.25) is 10.1 Å². The van der Waals surface area contributed by atoms with Crippen LogP contribution in [0.15, 0.2) is 60.2 Å². The van der Waals surface area contributed by atoms with Gasteiger partial charge in [0.25, 0.3) is 5.91 Å². The highest BCUT2D eigenvalue weighted by molar-refractivity contribution is 7.20. The van der Waals surface area contributed by atoms with Crippen LogP contribution in [0.5, 0.6) is 0 Å². The number of benzene rings is 1. The molecule has 5 nitrogen and oxygen atoms in total. The van der Waals surface area contributed by atoms with E-state index in [2.05, 4.69) is 20.3 Å².